The van der Waals surface area contributed by atoms with Crippen LogP contribution in [0.2, 0.25) is 0 Å². The van der Waals surface area contributed by atoms with Gasteiger partial charge in [0, 0.05) is 35.8 Å². The van der Waals surface area contributed by atoms with E-state index in [0.717, 1.165) is 16.3 Å². The summed E-state index contributed by atoms with van der Waals surface area (Å²) < 4.78 is 37.3. The summed E-state index contributed by atoms with van der Waals surface area (Å²) in [6.07, 6.45) is 5.14. The molecule has 5 aromatic rings. The molecule has 2 N–H and O–H groups in total. The Hall–Kier alpha value is -5.29. The maximum atomic E-state index is 13.2. The van der Waals surface area contributed by atoms with Gasteiger partial charge in [-0.1, -0.05) is 42.5 Å². The van der Waals surface area contributed by atoms with Crippen molar-refractivity contribution >= 4 is 38.3 Å². The second-order valence-corrected chi connectivity index (χ2v) is 11.1. The molecule has 2 heterocycles. The van der Waals surface area contributed by atoms with Gasteiger partial charge in [0.25, 0.3) is 0 Å². The molecule has 0 saturated carbocycles. The molecule has 0 radical (unpaired) electrons. The Labute approximate surface area is 242 Å². The van der Waals surface area contributed by atoms with E-state index in [0.29, 0.717) is 11.6 Å². The zero-order valence-corrected chi connectivity index (χ0v) is 23.2. The number of aromatic nitrogens is 2. The number of anilines is 1. The number of hydrogen-bond acceptors (Lipinski definition) is 8. The molecule has 0 aliphatic heterocycles. The highest BCUT2D eigenvalue weighted by Gasteiger charge is 2.25. The lowest BCUT2D eigenvalue weighted by molar-refractivity contribution is -0.142. The van der Waals surface area contributed by atoms with E-state index in [9.17, 15) is 18.0 Å². The summed E-state index contributed by atoms with van der Waals surface area (Å²) in [5.41, 5.74) is 0.794. The van der Waals surface area contributed by atoms with Crippen molar-refractivity contribution in [3.63, 3.8) is 0 Å². The lowest BCUT2D eigenvalue weighted by Crippen LogP contribution is -2.45. The Morgan fingerprint density at radius 3 is 2.38 bits per heavy atom. The average molecular weight is 583 g/mol. The summed E-state index contributed by atoms with van der Waals surface area (Å²) in [5, 5.41) is 6.86. The van der Waals surface area contributed by atoms with Gasteiger partial charge in [0.15, 0.2) is 0 Å². The molecule has 0 spiro atoms. The van der Waals surface area contributed by atoms with Crippen LogP contribution in [0.1, 0.15) is 5.56 Å². The van der Waals surface area contributed by atoms with Crippen LogP contribution in [-0.4, -0.2) is 43.5 Å². The van der Waals surface area contributed by atoms with Crippen LogP contribution >= 0.6 is 0 Å². The monoisotopic (exact) mass is 582 g/mol. The van der Waals surface area contributed by atoms with Gasteiger partial charge in [-0.15, -0.1) is 0 Å². The average Bonchev–Trinajstić information content (AvgIpc) is 3.02. The van der Waals surface area contributed by atoms with E-state index in [2.05, 4.69) is 20.6 Å². The predicted octanol–water partition coefficient (Wildman–Crippen LogP) is 5.16. The van der Waals surface area contributed by atoms with Crippen LogP contribution in [0.5, 0.6) is 11.6 Å². The maximum Gasteiger partial charge on any atom is 0.328 e. The molecular formula is C31H26N4O6S. The quantitative estimate of drug-likeness (QED) is 0.228. The van der Waals surface area contributed by atoms with Crippen molar-refractivity contribution in [2.45, 2.75) is 22.3 Å². The minimum absolute atomic E-state index is 0.0711. The van der Waals surface area contributed by atoms with Gasteiger partial charge in [0.2, 0.25) is 15.7 Å². The third kappa shape index (κ3) is 6.37. The summed E-state index contributed by atoms with van der Waals surface area (Å²) in [6.45, 7) is 0. The number of carbonyl (C=O) groups is 2. The van der Waals surface area contributed by atoms with Crippen LogP contribution in [0.3, 0.4) is 0 Å². The van der Waals surface area contributed by atoms with Crippen molar-refractivity contribution in [3.8, 4) is 11.6 Å². The number of benzene rings is 3. The number of hydrogen-bond donors (Lipinski definition) is 2. The van der Waals surface area contributed by atoms with E-state index in [4.69, 9.17) is 9.47 Å². The van der Waals surface area contributed by atoms with E-state index in [-0.39, 0.29) is 21.9 Å². The summed E-state index contributed by atoms with van der Waals surface area (Å²) in [6, 6.07) is 22.8. The summed E-state index contributed by atoms with van der Waals surface area (Å²) in [4.78, 5) is 33.9. The van der Waals surface area contributed by atoms with Gasteiger partial charge in [0.1, 0.15) is 11.8 Å². The van der Waals surface area contributed by atoms with Gasteiger partial charge in [-0.25, -0.2) is 23.0 Å². The van der Waals surface area contributed by atoms with Gasteiger partial charge in [-0.2, -0.15) is 0 Å². The highest BCUT2D eigenvalue weighted by molar-refractivity contribution is 7.91. The van der Waals surface area contributed by atoms with Crippen molar-refractivity contribution in [2.75, 3.05) is 12.4 Å². The van der Waals surface area contributed by atoms with Crippen LogP contribution in [-0.2, 0) is 25.8 Å². The van der Waals surface area contributed by atoms with Crippen LogP contribution in [0.15, 0.2) is 119 Å². The molecule has 2 amide bonds. The third-order valence-corrected chi connectivity index (χ3v) is 8.20. The molecule has 0 saturated heterocycles. The lowest BCUT2D eigenvalue weighted by atomic mass is 10.1. The molecule has 212 valence electrons. The van der Waals surface area contributed by atoms with Gasteiger partial charge >= 0.3 is 12.0 Å². The van der Waals surface area contributed by atoms with Crippen LogP contribution < -0.4 is 15.4 Å². The lowest BCUT2D eigenvalue weighted by Gasteiger charge is -2.18. The molecule has 11 heteroatoms. The fourth-order valence-corrected chi connectivity index (χ4v) is 5.73. The number of ether oxygens (including phenoxy) is 2. The molecule has 0 aliphatic carbocycles. The molecule has 1 unspecified atom stereocenters. The first kappa shape index (κ1) is 28.2. The molecule has 2 aromatic heterocycles. The van der Waals surface area contributed by atoms with E-state index < -0.39 is 27.9 Å². The predicted molar refractivity (Wildman–Crippen MR) is 156 cm³/mol. The maximum absolute atomic E-state index is 13.2. The van der Waals surface area contributed by atoms with E-state index in [1.54, 1.807) is 73.2 Å². The number of urea groups is 1. The minimum atomic E-state index is -3.91. The Balaban J connectivity index is 1.28. The first-order valence-corrected chi connectivity index (χ1v) is 14.3. The number of pyridine rings is 2. The number of rotatable bonds is 9. The number of esters is 1. The molecule has 0 bridgehead atoms. The number of amides is 2. The number of sulfone groups is 1. The number of methoxy groups -OCH3 is 1. The number of nitrogens with zero attached hydrogens (tertiary/aromatic N) is 2. The molecule has 1 atom stereocenters. The van der Waals surface area contributed by atoms with Gasteiger partial charge < -0.3 is 20.1 Å². The second kappa shape index (κ2) is 12.5. The summed E-state index contributed by atoms with van der Waals surface area (Å²) >= 11 is 0. The smallest absolute Gasteiger partial charge is 0.328 e. The fourth-order valence-electron chi connectivity index (χ4n) is 4.29. The fraction of sp³-hybridized carbons (Fsp3) is 0.0968. The zero-order chi connectivity index (χ0) is 29.5. The summed E-state index contributed by atoms with van der Waals surface area (Å²) in [5.74, 6) is 0.305. The number of nitrogens with one attached hydrogen (secondary N) is 2. The Morgan fingerprint density at radius 1 is 0.881 bits per heavy atom. The molecule has 0 aliphatic rings. The highest BCUT2D eigenvalue weighted by atomic mass is 32.2. The van der Waals surface area contributed by atoms with Crippen molar-refractivity contribution in [1.29, 1.82) is 0 Å². The molecule has 0 fully saturated rings. The normalized spacial score (nSPS) is 11.8. The topological polar surface area (TPSA) is 137 Å². The molecular weight excluding hydrogens is 556 g/mol. The van der Waals surface area contributed by atoms with Crippen molar-refractivity contribution in [2.24, 2.45) is 0 Å². The van der Waals surface area contributed by atoms with Crippen molar-refractivity contribution in [3.05, 3.63) is 115 Å². The second-order valence-electron chi connectivity index (χ2n) is 9.15. The molecule has 5 rings (SSSR count). The first-order valence-electron chi connectivity index (χ1n) is 12.8. The SMILES string of the molecule is COC(=O)C(Cc1ccc(Oc2nccc3cnccc23)cc1)NC(=O)Nc1ccccc1S(=O)(=O)c1ccccc1. The highest BCUT2D eigenvalue weighted by Crippen LogP contribution is 2.28. The third-order valence-electron chi connectivity index (χ3n) is 6.38. The molecule has 10 nitrogen and oxygen atoms in total. The Morgan fingerprint density at radius 2 is 1.62 bits per heavy atom. The van der Waals surface area contributed by atoms with Crippen molar-refractivity contribution < 1.29 is 27.5 Å². The number of para-hydroxylation sites is 1. The Kier molecular flexibility index (Phi) is 8.39. The standard InChI is InChI=1S/C31H26N4O6S/c1-40-30(36)27(19-21-11-13-23(14-12-21)41-29-25-16-17-32-20-22(25)15-18-33-29)35-31(37)34-26-9-5-6-10-28(26)42(38,39)24-7-3-2-4-8-24/h2-18,20,27H,19H2,1H3,(H2,34,35,37). The largest absolute Gasteiger partial charge is 0.467 e. The van der Waals surface area contributed by atoms with Crippen LogP contribution in [0, 0.1) is 0 Å². The van der Waals surface area contributed by atoms with E-state index in [1.807, 2.05) is 12.1 Å². The summed E-state index contributed by atoms with van der Waals surface area (Å²) in [7, 11) is -2.68. The number of carbonyl (C=O) groups excluding carboxylic acids is 2. The molecule has 42 heavy (non-hydrogen) atoms. The van der Waals surface area contributed by atoms with E-state index in [1.165, 1.54) is 31.4 Å². The van der Waals surface area contributed by atoms with Gasteiger partial charge in [0.05, 0.1) is 22.6 Å². The van der Waals surface area contributed by atoms with Gasteiger partial charge in [-0.3, -0.25) is 4.98 Å². The number of fused-ring (bicyclic) bond motifs is 1. The van der Waals surface area contributed by atoms with Crippen molar-refractivity contribution in [1.82, 2.24) is 15.3 Å². The van der Waals surface area contributed by atoms with Crippen LogP contribution in [0.4, 0.5) is 10.5 Å². The first-order chi connectivity index (χ1) is 20.3. The van der Waals surface area contributed by atoms with E-state index >= 15 is 0 Å². The molecule has 3 aromatic carbocycles. The Bertz CT molecular complexity index is 1820. The van der Waals surface area contributed by atoms with Crippen LogP contribution in [0.25, 0.3) is 10.8 Å². The zero-order valence-electron chi connectivity index (χ0n) is 22.4. The van der Waals surface area contributed by atoms with Gasteiger partial charge in [-0.05, 0) is 54.1 Å². The minimum Gasteiger partial charge on any atom is -0.467 e.